The Balaban J connectivity index is 1.85. The molecule has 0 aliphatic carbocycles. The SMILES string of the molecule is COC(=O)c1ccc2c(c1)NC(c1cccc(OC)c1)C2. The molecule has 3 rings (SSSR count). The van der Waals surface area contributed by atoms with Crippen molar-refractivity contribution >= 4 is 11.7 Å². The molecule has 0 bridgehead atoms. The summed E-state index contributed by atoms with van der Waals surface area (Å²) in [5, 5.41) is 3.46. The summed E-state index contributed by atoms with van der Waals surface area (Å²) in [6, 6.07) is 13.9. The highest BCUT2D eigenvalue weighted by atomic mass is 16.5. The van der Waals surface area contributed by atoms with E-state index in [-0.39, 0.29) is 12.0 Å². The van der Waals surface area contributed by atoms with Crippen molar-refractivity contribution < 1.29 is 14.3 Å². The van der Waals surface area contributed by atoms with Crippen molar-refractivity contribution in [3.05, 3.63) is 59.2 Å². The third-order valence-electron chi connectivity index (χ3n) is 3.78. The molecule has 0 amide bonds. The van der Waals surface area contributed by atoms with Gasteiger partial charge in [0, 0.05) is 5.69 Å². The normalized spacial score (nSPS) is 16.0. The van der Waals surface area contributed by atoms with Gasteiger partial charge in [-0.1, -0.05) is 18.2 Å². The molecule has 4 heteroatoms. The van der Waals surface area contributed by atoms with Gasteiger partial charge in [-0.15, -0.1) is 0 Å². The summed E-state index contributed by atoms with van der Waals surface area (Å²) in [6.07, 6.45) is 0.893. The number of benzene rings is 2. The largest absolute Gasteiger partial charge is 0.497 e. The lowest BCUT2D eigenvalue weighted by molar-refractivity contribution is 0.0601. The molecule has 1 unspecified atom stereocenters. The molecule has 0 fully saturated rings. The number of hydrogen-bond acceptors (Lipinski definition) is 4. The summed E-state index contributed by atoms with van der Waals surface area (Å²) in [5.74, 6) is 0.532. The molecular formula is C17H17NO3. The molecule has 1 atom stereocenters. The molecule has 1 heterocycles. The first-order valence-corrected chi connectivity index (χ1v) is 6.83. The minimum absolute atomic E-state index is 0.197. The summed E-state index contributed by atoms with van der Waals surface area (Å²) in [7, 11) is 3.06. The maximum Gasteiger partial charge on any atom is 0.337 e. The summed E-state index contributed by atoms with van der Waals surface area (Å²) in [6.45, 7) is 0. The second-order valence-corrected chi connectivity index (χ2v) is 5.04. The standard InChI is InChI=1S/C17H17NO3/c1-20-14-5-3-4-11(8-14)15-9-12-6-7-13(17(19)21-2)10-16(12)18-15/h3-8,10,15,18H,9H2,1-2H3. The molecule has 2 aromatic carbocycles. The Bertz CT molecular complexity index is 681. The van der Waals surface area contributed by atoms with E-state index in [1.54, 1.807) is 13.2 Å². The van der Waals surface area contributed by atoms with Gasteiger partial charge in [-0.05, 0) is 41.8 Å². The van der Waals surface area contributed by atoms with Gasteiger partial charge < -0.3 is 14.8 Å². The van der Waals surface area contributed by atoms with Gasteiger partial charge in [0.15, 0.2) is 0 Å². The number of rotatable bonds is 3. The van der Waals surface area contributed by atoms with Crippen molar-refractivity contribution in [2.24, 2.45) is 0 Å². The number of fused-ring (bicyclic) bond motifs is 1. The third-order valence-corrected chi connectivity index (χ3v) is 3.78. The summed E-state index contributed by atoms with van der Waals surface area (Å²) in [5.41, 5.74) is 3.93. The first-order valence-electron chi connectivity index (χ1n) is 6.83. The second-order valence-electron chi connectivity index (χ2n) is 5.04. The first kappa shape index (κ1) is 13.5. The van der Waals surface area contributed by atoms with Gasteiger partial charge in [-0.2, -0.15) is 0 Å². The lowest BCUT2D eigenvalue weighted by atomic mass is 10.0. The number of methoxy groups -OCH3 is 2. The Kier molecular flexibility index (Phi) is 3.52. The second kappa shape index (κ2) is 5.48. The predicted molar refractivity (Wildman–Crippen MR) is 80.8 cm³/mol. The van der Waals surface area contributed by atoms with Crippen LogP contribution >= 0.6 is 0 Å². The zero-order chi connectivity index (χ0) is 14.8. The monoisotopic (exact) mass is 283 g/mol. The zero-order valence-corrected chi connectivity index (χ0v) is 12.1. The third kappa shape index (κ3) is 2.57. The van der Waals surface area contributed by atoms with E-state index in [2.05, 4.69) is 11.4 Å². The van der Waals surface area contributed by atoms with Crippen LogP contribution in [0.3, 0.4) is 0 Å². The lowest BCUT2D eigenvalue weighted by Crippen LogP contribution is -2.06. The van der Waals surface area contributed by atoms with E-state index in [9.17, 15) is 4.79 Å². The van der Waals surface area contributed by atoms with Crippen molar-refractivity contribution in [2.75, 3.05) is 19.5 Å². The number of ether oxygens (including phenoxy) is 2. The van der Waals surface area contributed by atoms with Crippen LogP contribution in [0.5, 0.6) is 5.75 Å². The van der Waals surface area contributed by atoms with E-state index in [0.717, 1.165) is 17.9 Å². The Morgan fingerprint density at radius 2 is 2.05 bits per heavy atom. The maximum atomic E-state index is 11.6. The van der Waals surface area contributed by atoms with Crippen LogP contribution in [0, 0.1) is 0 Å². The summed E-state index contributed by atoms with van der Waals surface area (Å²) >= 11 is 0. The van der Waals surface area contributed by atoms with Crippen molar-refractivity contribution in [2.45, 2.75) is 12.5 Å². The van der Waals surface area contributed by atoms with Crippen LogP contribution in [-0.2, 0) is 11.2 Å². The maximum absolute atomic E-state index is 11.6. The van der Waals surface area contributed by atoms with Crippen molar-refractivity contribution in [1.29, 1.82) is 0 Å². The summed E-state index contributed by atoms with van der Waals surface area (Å²) in [4.78, 5) is 11.6. The number of hydrogen-bond donors (Lipinski definition) is 1. The van der Waals surface area contributed by atoms with Crippen molar-refractivity contribution in [1.82, 2.24) is 0 Å². The number of esters is 1. The van der Waals surface area contributed by atoms with Gasteiger partial charge in [-0.3, -0.25) is 0 Å². The fraction of sp³-hybridized carbons (Fsp3) is 0.235. The van der Waals surface area contributed by atoms with Crippen molar-refractivity contribution in [3.63, 3.8) is 0 Å². The van der Waals surface area contributed by atoms with Crippen LogP contribution in [0.1, 0.15) is 27.5 Å². The quantitative estimate of drug-likeness (QED) is 0.879. The minimum atomic E-state index is -0.315. The fourth-order valence-electron chi connectivity index (χ4n) is 2.65. The highest BCUT2D eigenvalue weighted by molar-refractivity contribution is 5.91. The average molecular weight is 283 g/mol. The number of carbonyl (C=O) groups excluding carboxylic acids is 1. The van der Waals surface area contributed by atoms with Gasteiger partial charge in [0.1, 0.15) is 5.75 Å². The minimum Gasteiger partial charge on any atom is -0.497 e. The van der Waals surface area contributed by atoms with E-state index in [4.69, 9.17) is 9.47 Å². The van der Waals surface area contributed by atoms with Crippen LogP contribution in [0.2, 0.25) is 0 Å². The molecule has 0 saturated heterocycles. The Hall–Kier alpha value is -2.49. The van der Waals surface area contributed by atoms with Crippen LogP contribution in [0.25, 0.3) is 0 Å². The molecule has 1 aliphatic heterocycles. The Morgan fingerprint density at radius 3 is 2.81 bits per heavy atom. The molecule has 0 aromatic heterocycles. The molecule has 0 radical (unpaired) electrons. The average Bonchev–Trinajstić information content (AvgIpc) is 2.97. The van der Waals surface area contributed by atoms with Crippen LogP contribution in [0.15, 0.2) is 42.5 Å². The van der Waals surface area contributed by atoms with Gasteiger partial charge in [0.2, 0.25) is 0 Å². The van der Waals surface area contributed by atoms with E-state index >= 15 is 0 Å². The molecule has 1 aliphatic rings. The number of nitrogens with one attached hydrogen (secondary N) is 1. The van der Waals surface area contributed by atoms with Crippen LogP contribution in [-0.4, -0.2) is 20.2 Å². The zero-order valence-electron chi connectivity index (χ0n) is 12.1. The fourth-order valence-corrected chi connectivity index (χ4v) is 2.65. The first-order chi connectivity index (χ1) is 10.2. The number of carbonyl (C=O) groups is 1. The summed E-state index contributed by atoms with van der Waals surface area (Å²) < 4.78 is 10.0. The lowest BCUT2D eigenvalue weighted by Gasteiger charge is -2.12. The molecule has 0 spiro atoms. The van der Waals surface area contributed by atoms with Crippen LogP contribution in [0.4, 0.5) is 5.69 Å². The van der Waals surface area contributed by atoms with Gasteiger partial charge >= 0.3 is 5.97 Å². The molecule has 1 N–H and O–H groups in total. The van der Waals surface area contributed by atoms with Crippen LogP contribution < -0.4 is 10.1 Å². The number of anilines is 1. The molecule has 108 valence electrons. The Labute approximate surface area is 123 Å². The van der Waals surface area contributed by atoms with E-state index in [1.165, 1.54) is 18.2 Å². The topological polar surface area (TPSA) is 47.6 Å². The molecule has 21 heavy (non-hydrogen) atoms. The highest BCUT2D eigenvalue weighted by Gasteiger charge is 2.23. The van der Waals surface area contributed by atoms with Gasteiger partial charge in [0.05, 0.1) is 25.8 Å². The van der Waals surface area contributed by atoms with E-state index < -0.39 is 0 Å². The van der Waals surface area contributed by atoms with Crippen molar-refractivity contribution in [3.8, 4) is 5.75 Å². The molecule has 2 aromatic rings. The van der Waals surface area contributed by atoms with E-state index in [0.29, 0.717) is 5.56 Å². The van der Waals surface area contributed by atoms with Gasteiger partial charge in [-0.25, -0.2) is 4.79 Å². The van der Waals surface area contributed by atoms with E-state index in [1.807, 2.05) is 30.3 Å². The highest BCUT2D eigenvalue weighted by Crippen LogP contribution is 2.35. The smallest absolute Gasteiger partial charge is 0.337 e. The molecular weight excluding hydrogens is 266 g/mol. The molecule has 0 saturated carbocycles. The predicted octanol–water partition coefficient (Wildman–Crippen LogP) is 3.19. The Morgan fingerprint density at radius 1 is 1.19 bits per heavy atom. The molecule has 4 nitrogen and oxygen atoms in total. The van der Waals surface area contributed by atoms with Gasteiger partial charge in [0.25, 0.3) is 0 Å².